The van der Waals surface area contributed by atoms with Crippen molar-refractivity contribution in [2.45, 2.75) is 26.4 Å². The molecule has 0 radical (unpaired) electrons. The van der Waals surface area contributed by atoms with Gasteiger partial charge in [-0.3, -0.25) is 0 Å². The monoisotopic (exact) mass is 391 g/mol. The fraction of sp³-hybridized carbons (Fsp3) is 0.261. The number of aromatic hydroxyl groups is 1. The summed E-state index contributed by atoms with van der Waals surface area (Å²) >= 11 is 0. The van der Waals surface area contributed by atoms with E-state index in [1.165, 1.54) is 0 Å². The number of phenolic OH excluding ortho intramolecular Hbond substituents is 1. The van der Waals surface area contributed by atoms with E-state index >= 15 is 0 Å². The van der Waals surface area contributed by atoms with Crippen LogP contribution in [0.15, 0.2) is 64.8 Å². The summed E-state index contributed by atoms with van der Waals surface area (Å²) in [6, 6.07) is 16.6. The van der Waals surface area contributed by atoms with Crippen LogP contribution in [0.3, 0.4) is 0 Å². The zero-order chi connectivity index (χ0) is 21.2. The number of azo groups is 1. The van der Waals surface area contributed by atoms with Gasteiger partial charge in [0.15, 0.2) is 5.75 Å². The van der Waals surface area contributed by atoms with E-state index in [9.17, 15) is 9.90 Å². The molecule has 0 amide bonds. The van der Waals surface area contributed by atoms with Crippen LogP contribution in [0, 0.1) is 0 Å². The van der Waals surface area contributed by atoms with E-state index in [1.54, 1.807) is 26.8 Å². The van der Waals surface area contributed by atoms with Crippen molar-refractivity contribution in [1.82, 2.24) is 0 Å². The molecule has 3 aromatic carbocycles. The summed E-state index contributed by atoms with van der Waals surface area (Å²) in [6.07, 6.45) is 0. The number of carbonyl (C=O) groups excluding carboxylic acids is 1. The van der Waals surface area contributed by atoms with Crippen LogP contribution in [-0.4, -0.2) is 30.8 Å². The summed E-state index contributed by atoms with van der Waals surface area (Å²) in [6.45, 7) is 5.34. The summed E-state index contributed by atoms with van der Waals surface area (Å²) in [5, 5.41) is 20.8. The molecule has 150 valence electrons. The van der Waals surface area contributed by atoms with Gasteiger partial charge >= 0.3 is 5.97 Å². The zero-order valence-electron chi connectivity index (χ0n) is 17.3. The number of benzene rings is 3. The predicted molar refractivity (Wildman–Crippen MR) is 116 cm³/mol. The summed E-state index contributed by atoms with van der Waals surface area (Å²) in [4.78, 5) is 14.6. The number of phenols is 1. The van der Waals surface area contributed by atoms with E-state index in [4.69, 9.17) is 4.74 Å². The Kier molecular flexibility index (Phi) is 5.55. The molecule has 0 fully saturated rings. The maximum atomic E-state index is 12.6. The number of nitrogens with zero attached hydrogens (tertiary/aromatic N) is 3. The molecular formula is C23H25N3O3. The van der Waals surface area contributed by atoms with Crippen molar-refractivity contribution in [2.75, 3.05) is 19.0 Å². The molecule has 3 rings (SSSR count). The molecule has 6 nitrogen and oxygen atoms in total. The normalized spacial score (nSPS) is 11.8. The Morgan fingerprint density at radius 1 is 1.00 bits per heavy atom. The number of ether oxygens (including phenoxy) is 1. The fourth-order valence-electron chi connectivity index (χ4n) is 2.83. The van der Waals surface area contributed by atoms with Crippen LogP contribution >= 0.6 is 0 Å². The number of rotatable bonds is 4. The van der Waals surface area contributed by atoms with Crippen molar-refractivity contribution in [3.05, 3.63) is 60.2 Å². The zero-order valence-corrected chi connectivity index (χ0v) is 17.3. The molecule has 29 heavy (non-hydrogen) atoms. The number of fused-ring (bicyclic) bond motifs is 1. The van der Waals surface area contributed by atoms with Crippen LogP contribution in [0.4, 0.5) is 17.1 Å². The lowest BCUT2D eigenvalue weighted by Crippen LogP contribution is -2.23. The minimum atomic E-state index is -0.676. The number of anilines is 1. The highest BCUT2D eigenvalue weighted by Gasteiger charge is 2.23. The second-order valence-electron chi connectivity index (χ2n) is 7.96. The van der Waals surface area contributed by atoms with Crippen molar-refractivity contribution < 1.29 is 14.6 Å². The lowest BCUT2D eigenvalue weighted by atomic mass is 10.0. The molecule has 0 saturated heterocycles. The van der Waals surface area contributed by atoms with E-state index in [-0.39, 0.29) is 17.0 Å². The molecule has 0 aliphatic carbocycles. The minimum absolute atomic E-state index is 0.0653. The number of esters is 1. The molecule has 0 unspecified atom stereocenters. The first-order chi connectivity index (χ1) is 13.7. The fourth-order valence-corrected chi connectivity index (χ4v) is 2.83. The Morgan fingerprint density at radius 2 is 1.66 bits per heavy atom. The van der Waals surface area contributed by atoms with Gasteiger partial charge < -0.3 is 14.7 Å². The van der Waals surface area contributed by atoms with Gasteiger partial charge in [0.05, 0.1) is 5.69 Å². The van der Waals surface area contributed by atoms with Gasteiger partial charge in [0.25, 0.3) is 0 Å². The van der Waals surface area contributed by atoms with Gasteiger partial charge in [-0.1, -0.05) is 24.3 Å². The van der Waals surface area contributed by atoms with E-state index < -0.39 is 11.6 Å². The van der Waals surface area contributed by atoms with Crippen LogP contribution in [0.5, 0.6) is 5.75 Å². The average molecular weight is 391 g/mol. The van der Waals surface area contributed by atoms with Gasteiger partial charge in [0.1, 0.15) is 16.9 Å². The number of hydrogen-bond donors (Lipinski definition) is 1. The van der Waals surface area contributed by atoms with Crippen LogP contribution in [-0.2, 0) is 4.74 Å². The van der Waals surface area contributed by atoms with Crippen molar-refractivity contribution in [2.24, 2.45) is 10.2 Å². The van der Waals surface area contributed by atoms with Gasteiger partial charge in [-0.15, -0.1) is 5.11 Å². The third-order valence-electron chi connectivity index (χ3n) is 4.25. The topological polar surface area (TPSA) is 74.5 Å². The molecule has 0 saturated carbocycles. The smallest absolute Gasteiger partial charge is 0.342 e. The molecule has 0 heterocycles. The third-order valence-corrected chi connectivity index (χ3v) is 4.25. The summed E-state index contributed by atoms with van der Waals surface area (Å²) in [5.41, 5.74) is 1.31. The van der Waals surface area contributed by atoms with Crippen molar-refractivity contribution in [1.29, 1.82) is 0 Å². The third kappa shape index (κ3) is 4.71. The lowest BCUT2D eigenvalue weighted by molar-refractivity contribution is 0.00671. The molecule has 0 bridgehead atoms. The highest BCUT2D eigenvalue weighted by Crippen LogP contribution is 2.40. The van der Waals surface area contributed by atoms with Crippen molar-refractivity contribution in [3.8, 4) is 5.75 Å². The van der Waals surface area contributed by atoms with Gasteiger partial charge in [0, 0.05) is 25.2 Å². The minimum Gasteiger partial charge on any atom is -0.505 e. The van der Waals surface area contributed by atoms with Crippen LogP contribution < -0.4 is 4.90 Å². The molecule has 0 atom stereocenters. The van der Waals surface area contributed by atoms with Gasteiger partial charge in [-0.05, 0) is 56.5 Å². The second-order valence-corrected chi connectivity index (χ2v) is 7.96. The van der Waals surface area contributed by atoms with Gasteiger partial charge in [-0.2, -0.15) is 5.11 Å². The van der Waals surface area contributed by atoms with Gasteiger partial charge in [-0.25, -0.2) is 4.79 Å². The van der Waals surface area contributed by atoms with Crippen LogP contribution in [0.25, 0.3) is 10.8 Å². The van der Waals surface area contributed by atoms with Crippen LogP contribution in [0.2, 0.25) is 0 Å². The largest absolute Gasteiger partial charge is 0.505 e. The quantitative estimate of drug-likeness (QED) is 0.438. The summed E-state index contributed by atoms with van der Waals surface area (Å²) < 4.78 is 5.43. The van der Waals surface area contributed by atoms with Crippen molar-refractivity contribution >= 4 is 33.8 Å². The van der Waals surface area contributed by atoms with Crippen molar-refractivity contribution in [3.63, 3.8) is 0 Å². The Labute approximate surface area is 170 Å². The van der Waals surface area contributed by atoms with Gasteiger partial charge in [0.2, 0.25) is 0 Å². The number of hydrogen-bond acceptors (Lipinski definition) is 6. The van der Waals surface area contributed by atoms with Crippen LogP contribution in [0.1, 0.15) is 31.1 Å². The van der Waals surface area contributed by atoms with E-state index in [0.29, 0.717) is 11.1 Å². The molecule has 0 aromatic heterocycles. The predicted octanol–water partition coefficient (Wildman–Crippen LogP) is 5.98. The molecular weight excluding hydrogens is 366 g/mol. The Bertz CT molecular complexity index is 1070. The first-order valence-electron chi connectivity index (χ1n) is 9.33. The highest BCUT2D eigenvalue weighted by molar-refractivity contribution is 6.05. The summed E-state index contributed by atoms with van der Waals surface area (Å²) in [5.74, 6) is -0.848. The Balaban J connectivity index is 2.06. The molecule has 1 N–H and O–H groups in total. The second kappa shape index (κ2) is 7.91. The Hall–Kier alpha value is -3.41. The maximum Gasteiger partial charge on any atom is 0.342 e. The maximum absolute atomic E-state index is 12.6. The Morgan fingerprint density at radius 3 is 2.28 bits per heavy atom. The first-order valence-corrected chi connectivity index (χ1v) is 9.33. The molecule has 0 spiro atoms. The standard InChI is InChI=1S/C23H25N3O3/c1-23(2,3)29-22(28)19-14-15-8-6-7-9-18(15)20(21(19)27)25-24-16-10-12-17(13-11-16)26(4)5/h6-14,27H,1-5H3/b25-24+. The highest BCUT2D eigenvalue weighted by atomic mass is 16.6. The molecule has 0 aliphatic heterocycles. The summed E-state index contributed by atoms with van der Waals surface area (Å²) in [7, 11) is 3.92. The van der Waals surface area contributed by atoms with E-state index in [2.05, 4.69) is 10.2 Å². The molecule has 6 heteroatoms. The molecule has 3 aromatic rings. The average Bonchev–Trinajstić information content (AvgIpc) is 2.65. The van der Waals surface area contributed by atoms with E-state index in [1.807, 2.05) is 67.5 Å². The first kappa shape index (κ1) is 20.3. The SMILES string of the molecule is CN(C)c1ccc(/N=N/c2c(O)c(C(=O)OC(C)(C)C)cc3ccccc23)cc1. The molecule has 0 aliphatic rings. The lowest BCUT2D eigenvalue weighted by Gasteiger charge is -2.20. The van der Waals surface area contributed by atoms with E-state index in [0.717, 1.165) is 11.1 Å². The number of carbonyl (C=O) groups is 1.